The summed E-state index contributed by atoms with van der Waals surface area (Å²) in [6.07, 6.45) is 0.112. The highest BCUT2D eigenvalue weighted by Crippen LogP contribution is 2.30. The fourth-order valence-electron chi connectivity index (χ4n) is 1.93. The average molecular weight is 245 g/mol. The lowest BCUT2D eigenvalue weighted by molar-refractivity contribution is -0.0629. The van der Waals surface area contributed by atoms with E-state index >= 15 is 0 Å². The molecule has 1 amide bonds. The summed E-state index contributed by atoms with van der Waals surface area (Å²) in [7, 11) is 0. The summed E-state index contributed by atoms with van der Waals surface area (Å²) < 4.78 is 10.9. The highest BCUT2D eigenvalue weighted by molar-refractivity contribution is 5.69. The summed E-state index contributed by atoms with van der Waals surface area (Å²) in [5, 5.41) is 8.99. The molecular weight excluding hydrogens is 222 g/mol. The first-order chi connectivity index (χ1) is 7.67. The van der Waals surface area contributed by atoms with Crippen LogP contribution in [-0.2, 0) is 9.47 Å². The van der Waals surface area contributed by atoms with Gasteiger partial charge in [-0.3, -0.25) is 4.90 Å². The van der Waals surface area contributed by atoms with Crippen LogP contribution >= 0.6 is 0 Å². The molecular formula is C12H23NO4. The Bertz CT molecular complexity index is 283. The Balaban J connectivity index is 2.79. The van der Waals surface area contributed by atoms with Crippen LogP contribution in [0.5, 0.6) is 0 Å². The molecule has 100 valence electrons. The van der Waals surface area contributed by atoms with Crippen LogP contribution in [0.25, 0.3) is 0 Å². The highest BCUT2D eigenvalue weighted by Gasteiger charge is 2.45. The van der Waals surface area contributed by atoms with Gasteiger partial charge in [-0.2, -0.15) is 0 Å². The van der Waals surface area contributed by atoms with Crippen molar-refractivity contribution in [3.8, 4) is 0 Å². The first-order valence-electron chi connectivity index (χ1n) is 5.94. The minimum absolute atomic E-state index is 0.0312. The fourth-order valence-corrected chi connectivity index (χ4v) is 1.93. The average Bonchev–Trinajstić information content (AvgIpc) is 2.39. The van der Waals surface area contributed by atoms with Gasteiger partial charge in [0.05, 0.1) is 12.6 Å². The Morgan fingerprint density at radius 2 is 2.12 bits per heavy atom. The lowest BCUT2D eigenvalue weighted by Gasteiger charge is -2.35. The van der Waals surface area contributed by atoms with Crippen molar-refractivity contribution < 1.29 is 19.4 Å². The third-order valence-electron chi connectivity index (χ3n) is 2.63. The predicted octanol–water partition coefficient (Wildman–Crippen LogP) is 1.74. The lowest BCUT2D eigenvalue weighted by Crippen LogP contribution is -2.50. The molecule has 17 heavy (non-hydrogen) atoms. The van der Waals surface area contributed by atoms with Crippen LogP contribution in [0.1, 0.15) is 41.0 Å². The zero-order chi connectivity index (χ0) is 13.3. The van der Waals surface area contributed by atoms with Gasteiger partial charge in [0.2, 0.25) is 0 Å². The van der Waals surface area contributed by atoms with Gasteiger partial charge in [-0.1, -0.05) is 0 Å². The summed E-state index contributed by atoms with van der Waals surface area (Å²) >= 11 is 0. The molecule has 5 heteroatoms. The molecule has 0 radical (unpaired) electrons. The van der Waals surface area contributed by atoms with Gasteiger partial charge in [-0.05, 0) is 41.0 Å². The van der Waals surface area contributed by atoms with Crippen molar-refractivity contribution in [2.45, 2.75) is 58.4 Å². The number of hydrogen-bond acceptors (Lipinski definition) is 4. The molecule has 0 aromatic rings. The number of aliphatic hydroxyl groups excluding tert-OH is 1. The predicted molar refractivity (Wildman–Crippen MR) is 63.6 cm³/mol. The Hall–Kier alpha value is -0.810. The van der Waals surface area contributed by atoms with E-state index in [-0.39, 0.29) is 12.6 Å². The van der Waals surface area contributed by atoms with Crippen LogP contribution in [0.3, 0.4) is 0 Å². The Morgan fingerprint density at radius 3 is 2.59 bits per heavy atom. The molecule has 0 aromatic heterocycles. The zero-order valence-electron chi connectivity index (χ0n) is 11.3. The van der Waals surface area contributed by atoms with Crippen molar-refractivity contribution in [2.24, 2.45) is 0 Å². The van der Waals surface area contributed by atoms with Crippen LogP contribution in [0.4, 0.5) is 4.79 Å². The third kappa shape index (κ3) is 3.57. The van der Waals surface area contributed by atoms with Crippen molar-refractivity contribution in [1.82, 2.24) is 4.90 Å². The molecule has 1 fully saturated rings. The van der Waals surface area contributed by atoms with Crippen LogP contribution in [0.2, 0.25) is 0 Å². The smallest absolute Gasteiger partial charge is 0.412 e. The molecule has 1 aliphatic heterocycles. The Morgan fingerprint density at radius 1 is 1.53 bits per heavy atom. The molecule has 1 heterocycles. The van der Waals surface area contributed by atoms with Crippen molar-refractivity contribution >= 4 is 6.09 Å². The number of carbonyl (C=O) groups excluding carboxylic acids is 1. The van der Waals surface area contributed by atoms with Gasteiger partial charge in [0.1, 0.15) is 11.3 Å². The lowest BCUT2D eigenvalue weighted by atomic mass is 10.1. The maximum atomic E-state index is 12.1. The fraction of sp³-hybridized carbons (Fsp3) is 0.917. The number of amides is 1. The molecule has 1 aliphatic rings. The molecule has 5 nitrogen and oxygen atoms in total. The molecule has 1 saturated heterocycles. The highest BCUT2D eigenvalue weighted by atomic mass is 16.6. The first-order valence-corrected chi connectivity index (χ1v) is 5.94. The van der Waals surface area contributed by atoms with Gasteiger partial charge < -0.3 is 14.6 Å². The normalized spacial score (nSPS) is 23.9. The summed E-state index contributed by atoms with van der Waals surface area (Å²) in [4.78, 5) is 13.7. The summed E-state index contributed by atoms with van der Waals surface area (Å²) in [5.41, 5.74) is -1.21. The first kappa shape index (κ1) is 14.3. The number of ether oxygens (including phenoxy) is 2. The molecule has 0 aromatic carbocycles. The van der Waals surface area contributed by atoms with Crippen molar-refractivity contribution in [3.05, 3.63) is 0 Å². The maximum absolute atomic E-state index is 12.1. The molecule has 0 saturated carbocycles. The Labute approximate surface area is 103 Å². The molecule has 1 unspecified atom stereocenters. The number of carbonyl (C=O) groups is 1. The van der Waals surface area contributed by atoms with E-state index in [0.717, 1.165) is 0 Å². The van der Waals surface area contributed by atoms with Crippen LogP contribution in [0, 0.1) is 0 Å². The maximum Gasteiger partial charge on any atom is 0.412 e. The van der Waals surface area contributed by atoms with Crippen LogP contribution < -0.4 is 0 Å². The SMILES string of the molecule is CC(C)(C)OC(=O)N1C(CCO)COC1(C)C. The van der Waals surface area contributed by atoms with Gasteiger partial charge in [0.15, 0.2) is 0 Å². The number of aliphatic hydroxyl groups is 1. The minimum atomic E-state index is -0.678. The molecule has 1 N–H and O–H groups in total. The largest absolute Gasteiger partial charge is 0.444 e. The van der Waals surface area contributed by atoms with Crippen molar-refractivity contribution in [3.63, 3.8) is 0 Å². The molecule has 1 rings (SSSR count). The van der Waals surface area contributed by atoms with E-state index in [1.54, 1.807) is 4.90 Å². The second-order valence-electron chi connectivity index (χ2n) is 5.77. The van der Waals surface area contributed by atoms with Crippen molar-refractivity contribution in [2.75, 3.05) is 13.2 Å². The molecule has 0 spiro atoms. The van der Waals surface area contributed by atoms with E-state index in [4.69, 9.17) is 14.6 Å². The number of nitrogens with zero attached hydrogens (tertiary/aromatic N) is 1. The monoisotopic (exact) mass is 245 g/mol. The minimum Gasteiger partial charge on any atom is -0.444 e. The number of rotatable bonds is 2. The standard InChI is InChI=1S/C12H23NO4/c1-11(2,3)17-10(15)13-9(6-7-14)8-16-12(13,4)5/h9,14H,6-8H2,1-5H3. The van der Waals surface area contributed by atoms with Crippen LogP contribution in [0.15, 0.2) is 0 Å². The van der Waals surface area contributed by atoms with E-state index < -0.39 is 17.4 Å². The van der Waals surface area contributed by atoms with Crippen molar-refractivity contribution in [1.29, 1.82) is 0 Å². The van der Waals surface area contributed by atoms with E-state index in [1.807, 2.05) is 34.6 Å². The second-order valence-corrected chi connectivity index (χ2v) is 5.77. The van der Waals surface area contributed by atoms with E-state index in [2.05, 4.69) is 0 Å². The third-order valence-corrected chi connectivity index (χ3v) is 2.63. The second kappa shape index (κ2) is 4.82. The molecule has 0 aliphatic carbocycles. The molecule has 0 bridgehead atoms. The quantitative estimate of drug-likeness (QED) is 0.805. The van der Waals surface area contributed by atoms with E-state index in [1.165, 1.54) is 0 Å². The molecule has 1 atom stereocenters. The van der Waals surface area contributed by atoms with Gasteiger partial charge in [0.25, 0.3) is 0 Å². The topological polar surface area (TPSA) is 59.0 Å². The van der Waals surface area contributed by atoms with Gasteiger partial charge in [-0.15, -0.1) is 0 Å². The summed E-state index contributed by atoms with van der Waals surface area (Å²) in [6, 6.07) is -0.121. The number of hydrogen-bond donors (Lipinski definition) is 1. The van der Waals surface area contributed by atoms with Gasteiger partial charge >= 0.3 is 6.09 Å². The van der Waals surface area contributed by atoms with Crippen LogP contribution in [-0.4, -0.2) is 46.7 Å². The summed E-state index contributed by atoms with van der Waals surface area (Å²) in [5.74, 6) is 0. The van der Waals surface area contributed by atoms with Gasteiger partial charge in [-0.25, -0.2) is 4.79 Å². The summed E-state index contributed by atoms with van der Waals surface area (Å²) in [6.45, 7) is 9.61. The Kier molecular flexibility index (Phi) is 4.04. The van der Waals surface area contributed by atoms with E-state index in [9.17, 15) is 4.79 Å². The zero-order valence-corrected chi connectivity index (χ0v) is 11.3. The van der Waals surface area contributed by atoms with Gasteiger partial charge in [0, 0.05) is 6.61 Å². The van der Waals surface area contributed by atoms with E-state index in [0.29, 0.717) is 13.0 Å².